The largest absolute Gasteiger partial charge is 0.383 e. The molecule has 1 saturated carbocycles. The Hall–Kier alpha value is -0.850. The normalized spacial score (nSPS) is 16.9. The molecule has 1 amide bonds. The third-order valence-corrected chi connectivity index (χ3v) is 3.38. The molecule has 0 aliphatic heterocycles. The van der Waals surface area contributed by atoms with Gasteiger partial charge < -0.3 is 4.90 Å². The SMILES string of the molecule is O=C(CCl)CN(C(=O)C(F)(F)C(F)F)C1CCCC1. The van der Waals surface area contributed by atoms with Gasteiger partial charge in [-0.15, -0.1) is 11.6 Å². The summed E-state index contributed by atoms with van der Waals surface area (Å²) in [4.78, 5) is 23.3. The summed E-state index contributed by atoms with van der Waals surface area (Å²) in [6, 6.07) is -0.593. The Labute approximate surface area is 112 Å². The minimum absolute atomic E-state index is 0.431. The summed E-state index contributed by atoms with van der Waals surface area (Å²) in [5.74, 6) is -7.86. The minimum Gasteiger partial charge on any atom is -0.327 e. The molecule has 0 atom stereocenters. The quantitative estimate of drug-likeness (QED) is 0.558. The second-order valence-electron chi connectivity index (χ2n) is 4.47. The summed E-state index contributed by atoms with van der Waals surface area (Å²) in [6.07, 6.45) is -1.80. The number of ketones is 1. The van der Waals surface area contributed by atoms with Gasteiger partial charge in [0.1, 0.15) is 0 Å². The lowest BCUT2D eigenvalue weighted by Gasteiger charge is -2.31. The number of hydrogen-bond acceptors (Lipinski definition) is 2. The molecule has 3 nitrogen and oxygen atoms in total. The van der Waals surface area contributed by atoms with Gasteiger partial charge in [-0.2, -0.15) is 8.78 Å². The molecule has 0 N–H and O–H groups in total. The molecular weight excluding hydrogens is 290 g/mol. The first-order valence-electron chi connectivity index (χ1n) is 5.85. The Bertz CT molecular complexity index is 346. The van der Waals surface area contributed by atoms with Crippen LogP contribution >= 0.6 is 11.6 Å². The standard InChI is InChI=1S/C11H14ClF4NO2/c12-5-8(18)6-17(7-3-1-2-4-7)10(19)11(15,16)9(13)14/h7,9H,1-6H2. The predicted molar refractivity (Wildman–Crippen MR) is 60.6 cm³/mol. The van der Waals surface area contributed by atoms with Crippen LogP contribution in [0.25, 0.3) is 0 Å². The fraction of sp³-hybridized carbons (Fsp3) is 0.818. The van der Waals surface area contributed by atoms with Crippen molar-refractivity contribution in [2.75, 3.05) is 12.4 Å². The van der Waals surface area contributed by atoms with E-state index in [9.17, 15) is 27.2 Å². The zero-order valence-corrected chi connectivity index (χ0v) is 10.8. The number of rotatable bonds is 6. The lowest BCUT2D eigenvalue weighted by molar-refractivity contribution is -0.183. The molecular formula is C11H14ClF4NO2. The van der Waals surface area contributed by atoms with Gasteiger partial charge in [-0.05, 0) is 12.8 Å². The lowest BCUT2D eigenvalue weighted by atomic mass is 10.1. The highest BCUT2D eigenvalue weighted by Gasteiger charge is 2.52. The van der Waals surface area contributed by atoms with Gasteiger partial charge in [0.2, 0.25) is 0 Å². The summed E-state index contributed by atoms with van der Waals surface area (Å²) in [7, 11) is 0. The van der Waals surface area contributed by atoms with Crippen molar-refractivity contribution in [3.63, 3.8) is 0 Å². The molecule has 0 aromatic carbocycles. The molecule has 1 aliphatic rings. The summed E-state index contributed by atoms with van der Waals surface area (Å²) >= 11 is 5.26. The first-order chi connectivity index (χ1) is 8.80. The zero-order chi connectivity index (χ0) is 14.6. The molecule has 1 fully saturated rings. The number of carbonyl (C=O) groups is 2. The molecule has 0 spiro atoms. The van der Waals surface area contributed by atoms with E-state index in [-0.39, 0.29) is 0 Å². The highest BCUT2D eigenvalue weighted by molar-refractivity contribution is 6.28. The van der Waals surface area contributed by atoms with Gasteiger partial charge in [-0.25, -0.2) is 8.78 Å². The van der Waals surface area contributed by atoms with E-state index in [0.29, 0.717) is 30.6 Å². The smallest absolute Gasteiger partial charge is 0.327 e. The van der Waals surface area contributed by atoms with E-state index in [4.69, 9.17) is 11.6 Å². The summed E-state index contributed by atoms with van der Waals surface area (Å²) in [6.45, 7) is -0.644. The molecule has 1 aliphatic carbocycles. The molecule has 0 aromatic heterocycles. The van der Waals surface area contributed by atoms with Gasteiger partial charge in [0.05, 0.1) is 12.4 Å². The van der Waals surface area contributed by atoms with E-state index in [2.05, 4.69) is 0 Å². The monoisotopic (exact) mass is 303 g/mol. The van der Waals surface area contributed by atoms with Crippen LogP contribution in [0.15, 0.2) is 0 Å². The first-order valence-corrected chi connectivity index (χ1v) is 6.38. The molecule has 0 heterocycles. The van der Waals surface area contributed by atoms with Crippen molar-refractivity contribution >= 4 is 23.3 Å². The Morgan fingerprint density at radius 3 is 2.21 bits per heavy atom. The number of hydrogen-bond donors (Lipinski definition) is 0. The van der Waals surface area contributed by atoms with Gasteiger partial charge in [-0.3, -0.25) is 9.59 Å². The highest BCUT2D eigenvalue weighted by atomic mass is 35.5. The molecule has 0 bridgehead atoms. The predicted octanol–water partition coefficient (Wildman–Crippen LogP) is 2.47. The van der Waals surface area contributed by atoms with Gasteiger partial charge in [0, 0.05) is 6.04 Å². The van der Waals surface area contributed by atoms with Crippen molar-refractivity contribution in [3.8, 4) is 0 Å². The van der Waals surface area contributed by atoms with Crippen molar-refractivity contribution in [2.45, 2.75) is 44.1 Å². The van der Waals surface area contributed by atoms with Crippen molar-refractivity contribution in [2.24, 2.45) is 0 Å². The average Bonchev–Trinajstić information content (AvgIpc) is 2.88. The molecule has 8 heteroatoms. The molecule has 110 valence electrons. The van der Waals surface area contributed by atoms with Crippen molar-refractivity contribution in [3.05, 3.63) is 0 Å². The van der Waals surface area contributed by atoms with Gasteiger partial charge in [0.25, 0.3) is 5.91 Å². The molecule has 0 aromatic rings. The maximum atomic E-state index is 13.1. The zero-order valence-electron chi connectivity index (χ0n) is 10.1. The van der Waals surface area contributed by atoms with Gasteiger partial charge >= 0.3 is 12.3 Å². The summed E-state index contributed by atoms with van der Waals surface area (Å²) in [5, 5.41) is 0. The maximum Gasteiger partial charge on any atom is 0.383 e. The molecule has 0 radical (unpaired) electrons. The third-order valence-electron chi connectivity index (χ3n) is 3.08. The minimum atomic E-state index is -4.77. The van der Waals surface area contributed by atoms with Crippen LogP contribution in [-0.2, 0) is 9.59 Å². The van der Waals surface area contributed by atoms with Crippen LogP contribution < -0.4 is 0 Å². The Balaban J connectivity index is 2.89. The van der Waals surface area contributed by atoms with Crippen molar-refractivity contribution < 1.29 is 27.2 Å². The summed E-state index contributed by atoms with van der Waals surface area (Å²) in [5.41, 5.74) is 0. The van der Waals surface area contributed by atoms with Gasteiger partial charge in [-0.1, -0.05) is 12.8 Å². The van der Waals surface area contributed by atoms with Crippen LogP contribution in [0.2, 0.25) is 0 Å². The van der Waals surface area contributed by atoms with E-state index in [0.717, 1.165) is 0 Å². The molecule has 1 rings (SSSR count). The van der Waals surface area contributed by atoms with Crippen LogP contribution in [0.3, 0.4) is 0 Å². The number of Topliss-reactive ketones (excluding diaryl/α,β-unsaturated/α-hetero) is 1. The third kappa shape index (κ3) is 3.81. The summed E-state index contributed by atoms with van der Waals surface area (Å²) < 4.78 is 50.7. The van der Waals surface area contributed by atoms with Crippen molar-refractivity contribution in [1.29, 1.82) is 0 Å². The Morgan fingerprint density at radius 1 is 1.26 bits per heavy atom. The molecule has 0 unspecified atom stereocenters. The number of amides is 1. The maximum absolute atomic E-state index is 13.1. The number of nitrogens with zero attached hydrogens (tertiary/aromatic N) is 1. The second kappa shape index (κ2) is 6.54. The molecule has 19 heavy (non-hydrogen) atoms. The van der Waals surface area contributed by atoms with Crippen LogP contribution in [-0.4, -0.2) is 47.4 Å². The van der Waals surface area contributed by atoms with E-state index in [1.54, 1.807) is 0 Å². The van der Waals surface area contributed by atoms with Crippen molar-refractivity contribution in [1.82, 2.24) is 4.90 Å². The Morgan fingerprint density at radius 2 is 1.79 bits per heavy atom. The van der Waals surface area contributed by atoms with E-state index in [1.165, 1.54) is 0 Å². The number of halogens is 5. The number of alkyl halides is 5. The molecule has 0 saturated heterocycles. The van der Waals surface area contributed by atoms with Crippen LogP contribution in [0.1, 0.15) is 25.7 Å². The van der Waals surface area contributed by atoms with E-state index in [1.807, 2.05) is 0 Å². The van der Waals surface area contributed by atoms with Gasteiger partial charge in [0.15, 0.2) is 5.78 Å². The fourth-order valence-electron chi connectivity index (χ4n) is 2.10. The first kappa shape index (κ1) is 16.2. The fourth-order valence-corrected chi connectivity index (χ4v) is 2.18. The topological polar surface area (TPSA) is 37.4 Å². The number of carbonyl (C=O) groups excluding carboxylic acids is 2. The van der Waals surface area contributed by atoms with Crippen LogP contribution in [0.5, 0.6) is 0 Å². The highest BCUT2D eigenvalue weighted by Crippen LogP contribution is 2.30. The lowest BCUT2D eigenvalue weighted by Crippen LogP contribution is -2.52. The Kier molecular flexibility index (Phi) is 5.58. The van der Waals surface area contributed by atoms with Crippen LogP contribution in [0, 0.1) is 0 Å². The van der Waals surface area contributed by atoms with E-state index < -0.39 is 42.5 Å². The second-order valence-corrected chi connectivity index (χ2v) is 4.73. The van der Waals surface area contributed by atoms with Crippen LogP contribution in [0.4, 0.5) is 17.6 Å². The average molecular weight is 304 g/mol. The van der Waals surface area contributed by atoms with E-state index >= 15 is 0 Å².